The molecule has 1 atom stereocenters. The van der Waals surface area contributed by atoms with Crippen LogP contribution in [-0.4, -0.2) is 23.1 Å². The van der Waals surface area contributed by atoms with Crippen LogP contribution >= 0.6 is 0 Å². The smallest absolute Gasteiger partial charge is 0.274 e. The summed E-state index contributed by atoms with van der Waals surface area (Å²) >= 11 is 0. The molecule has 6 heteroatoms. The van der Waals surface area contributed by atoms with E-state index in [1.165, 1.54) is 6.07 Å². The van der Waals surface area contributed by atoms with Crippen molar-refractivity contribution < 1.29 is 14.8 Å². The van der Waals surface area contributed by atoms with E-state index in [0.29, 0.717) is 11.6 Å². The number of carbonyl (C=O) groups is 2. The number of hydrogen-bond donors (Lipinski definition) is 4. The molecule has 1 aliphatic heterocycles. The number of carbonyl (C=O) groups excluding carboxylic acids is 2. The van der Waals surface area contributed by atoms with E-state index in [-0.39, 0.29) is 17.5 Å². The molecule has 0 bridgehead atoms. The van der Waals surface area contributed by atoms with Gasteiger partial charge in [-0.15, -0.1) is 0 Å². The summed E-state index contributed by atoms with van der Waals surface area (Å²) in [5, 5.41) is 14.5. The molecule has 0 aliphatic carbocycles. The number of nitrogens with one attached hydrogen (secondary N) is 3. The summed E-state index contributed by atoms with van der Waals surface area (Å²) in [5.74, 6) is -0.312. The van der Waals surface area contributed by atoms with Crippen LogP contribution in [0.3, 0.4) is 0 Å². The summed E-state index contributed by atoms with van der Waals surface area (Å²) < 4.78 is 0. The fraction of sp³-hybridized carbons (Fsp3) is 0.385. The second kappa shape index (κ2) is 5.27. The standard InChI is InChI=1S/C13H17N3O3/c1-7(2)5-11-13(18)15-10-6-8(12(17)16-19)3-4-9(10)14-11/h3-4,6-7,11,14,19H,5H2,1-2H3,(H,15,18)(H,16,17)/t11-/m0/s1. The maximum Gasteiger partial charge on any atom is 0.274 e. The SMILES string of the molecule is CC(C)C[C@@H]1Nc2ccc(C(=O)NO)cc2NC1=O. The minimum Gasteiger partial charge on any atom is -0.372 e. The van der Waals surface area contributed by atoms with Crippen LogP contribution in [0.15, 0.2) is 18.2 Å². The highest BCUT2D eigenvalue weighted by Crippen LogP contribution is 2.29. The Morgan fingerprint density at radius 2 is 2.16 bits per heavy atom. The summed E-state index contributed by atoms with van der Waals surface area (Å²) in [6.07, 6.45) is 0.740. The second-order valence-corrected chi connectivity index (χ2v) is 5.02. The molecule has 2 rings (SSSR count). The van der Waals surface area contributed by atoms with Gasteiger partial charge in [-0.25, -0.2) is 5.48 Å². The van der Waals surface area contributed by atoms with Crippen molar-refractivity contribution in [2.75, 3.05) is 10.6 Å². The van der Waals surface area contributed by atoms with Gasteiger partial charge < -0.3 is 10.6 Å². The van der Waals surface area contributed by atoms with E-state index in [0.717, 1.165) is 12.1 Å². The van der Waals surface area contributed by atoms with Crippen molar-refractivity contribution in [1.29, 1.82) is 0 Å². The Hall–Kier alpha value is -2.08. The molecule has 0 saturated heterocycles. The lowest BCUT2D eigenvalue weighted by Gasteiger charge is -2.28. The van der Waals surface area contributed by atoms with E-state index in [1.807, 2.05) is 0 Å². The maximum absolute atomic E-state index is 11.9. The van der Waals surface area contributed by atoms with Crippen molar-refractivity contribution in [3.63, 3.8) is 0 Å². The molecule has 0 aromatic heterocycles. The Kier molecular flexibility index (Phi) is 3.71. The van der Waals surface area contributed by atoms with Crippen LogP contribution < -0.4 is 16.1 Å². The largest absolute Gasteiger partial charge is 0.372 e. The Morgan fingerprint density at radius 1 is 1.42 bits per heavy atom. The predicted octanol–water partition coefficient (Wildman–Crippen LogP) is 1.58. The molecule has 1 aromatic rings. The normalized spacial score (nSPS) is 17.5. The van der Waals surface area contributed by atoms with Gasteiger partial charge in [0.2, 0.25) is 5.91 Å². The number of hydroxylamine groups is 1. The molecule has 6 nitrogen and oxygen atoms in total. The number of hydrogen-bond acceptors (Lipinski definition) is 4. The third kappa shape index (κ3) is 2.85. The molecule has 2 amide bonds. The Bertz CT molecular complexity index is 514. The van der Waals surface area contributed by atoms with Crippen LogP contribution in [0.4, 0.5) is 11.4 Å². The summed E-state index contributed by atoms with van der Waals surface area (Å²) in [7, 11) is 0. The van der Waals surface area contributed by atoms with E-state index >= 15 is 0 Å². The first-order valence-electron chi connectivity index (χ1n) is 6.17. The molecule has 0 unspecified atom stereocenters. The molecule has 0 radical (unpaired) electrons. The summed E-state index contributed by atoms with van der Waals surface area (Å²) in [6, 6.07) is 4.57. The number of rotatable bonds is 3. The third-order valence-electron chi connectivity index (χ3n) is 2.99. The summed E-state index contributed by atoms with van der Waals surface area (Å²) in [5.41, 5.74) is 3.17. The van der Waals surface area contributed by atoms with E-state index < -0.39 is 5.91 Å². The average molecular weight is 263 g/mol. The van der Waals surface area contributed by atoms with E-state index in [4.69, 9.17) is 5.21 Å². The monoisotopic (exact) mass is 263 g/mol. The van der Waals surface area contributed by atoms with Crippen molar-refractivity contribution in [3.05, 3.63) is 23.8 Å². The van der Waals surface area contributed by atoms with Gasteiger partial charge in [0.15, 0.2) is 0 Å². The highest BCUT2D eigenvalue weighted by atomic mass is 16.5. The first-order chi connectivity index (χ1) is 9.01. The molecular weight excluding hydrogens is 246 g/mol. The van der Waals surface area contributed by atoms with E-state index in [1.54, 1.807) is 17.6 Å². The van der Waals surface area contributed by atoms with Gasteiger partial charge in [-0.05, 0) is 30.5 Å². The molecule has 1 aromatic carbocycles. The number of amides is 2. The van der Waals surface area contributed by atoms with Crippen molar-refractivity contribution in [2.24, 2.45) is 5.92 Å². The van der Waals surface area contributed by atoms with Crippen LogP contribution in [0, 0.1) is 5.92 Å². The molecule has 1 aliphatic rings. The van der Waals surface area contributed by atoms with Gasteiger partial charge in [0, 0.05) is 5.56 Å². The first-order valence-corrected chi connectivity index (χ1v) is 6.17. The molecule has 0 spiro atoms. The van der Waals surface area contributed by atoms with Gasteiger partial charge in [-0.2, -0.15) is 0 Å². The minimum atomic E-state index is -0.610. The highest BCUT2D eigenvalue weighted by Gasteiger charge is 2.26. The fourth-order valence-electron chi connectivity index (χ4n) is 2.09. The van der Waals surface area contributed by atoms with Gasteiger partial charge in [-0.1, -0.05) is 13.8 Å². The van der Waals surface area contributed by atoms with Crippen LogP contribution in [0.5, 0.6) is 0 Å². The lowest BCUT2D eigenvalue weighted by Crippen LogP contribution is -2.39. The fourth-order valence-corrected chi connectivity index (χ4v) is 2.09. The number of anilines is 2. The second-order valence-electron chi connectivity index (χ2n) is 5.02. The zero-order valence-corrected chi connectivity index (χ0v) is 10.9. The molecule has 102 valence electrons. The van der Waals surface area contributed by atoms with Gasteiger partial charge in [0.05, 0.1) is 11.4 Å². The zero-order valence-electron chi connectivity index (χ0n) is 10.9. The Balaban J connectivity index is 2.23. The van der Waals surface area contributed by atoms with Crippen LogP contribution in [-0.2, 0) is 4.79 Å². The lowest BCUT2D eigenvalue weighted by atomic mass is 10.00. The predicted molar refractivity (Wildman–Crippen MR) is 71.2 cm³/mol. The van der Waals surface area contributed by atoms with Gasteiger partial charge >= 0.3 is 0 Å². The Labute approximate surface area is 111 Å². The van der Waals surface area contributed by atoms with Gasteiger partial charge in [0.1, 0.15) is 6.04 Å². The minimum absolute atomic E-state index is 0.109. The van der Waals surface area contributed by atoms with E-state index in [2.05, 4.69) is 24.5 Å². The lowest BCUT2D eigenvalue weighted by molar-refractivity contribution is -0.117. The zero-order chi connectivity index (χ0) is 14.0. The molecule has 19 heavy (non-hydrogen) atoms. The average Bonchev–Trinajstić information content (AvgIpc) is 2.37. The molecule has 0 fully saturated rings. The van der Waals surface area contributed by atoms with Crippen LogP contribution in [0.25, 0.3) is 0 Å². The van der Waals surface area contributed by atoms with Gasteiger partial charge in [0.25, 0.3) is 5.91 Å². The molecule has 4 N–H and O–H groups in total. The summed E-state index contributed by atoms with van der Waals surface area (Å²) in [4.78, 5) is 23.2. The first kappa shape index (κ1) is 13.4. The van der Waals surface area contributed by atoms with E-state index in [9.17, 15) is 9.59 Å². The van der Waals surface area contributed by atoms with Crippen molar-refractivity contribution in [3.8, 4) is 0 Å². The third-order valence-corrected chi connectivity index (χ3v) is 2.99. The molecule has 0 saturated carbocycles. The quantitative estimate of drug-likeness (QED) is 0.492. The van der Waals surface area contributed by atoms with Crippen molar-refractivity contribution in [2.45, 2.75) is 26.3 Å². The van der Waals surface area contributed by atoms with Crippen LogP contribution in [0.2, 0.25) is 0 Å². The maximum atomic E-state index is 11.9. The highest BCUT2D eigenvalue weighted by molar-refractivity contribution is 6.05. The summed E-state index contributed by atoms with van der Waals surface area (Å²) in [6.45, 7) is 4.11. The number of fused-ring (bicyclic) bond motifs is 1. The molecule has 1 heterocycles. The topological polar surface area (TPSA) is 90.5 Å². The number of benzene rings is 1. The van der Waals surface area contributed by atoms with Crippen LogP contribution in [0.1, 0.15) is 30.6 Å². The van der Waals surface area contributed by atoms with Gasteiger partial charge in [-0.3, -0.25) is 14.8 Å². The van der Waals surface area contributed by atoms with Crippen molar-refractivity contribution in [1.82, 2.24) is 5.48 Å². The Morgan fingerprint density at radius 3 is 2.79 bits per heavy atom. The molecular formula is C13H17N3O3. The van der Waals surface area contributed by atoms with Crippen molar-refractivity contribution >= 4 is 23.2 Å².